The van der Waals surface area contributed by atoms with E-state index in [1.807, 2.05) is 0 Å². The number of amides is 1. The van der Waals surface area contributed by atoms with Gasteiger partial charge in [-0.1, -0.05) is 12.1 Å². The van der Waals surface area contributed by atoms with Crippen LogP contribution < -0.4 is 9.64 Å². The van der Waals surface area contributed by atoms with E-state index in [0.717, 1.165) is 4.90 Å². The van der Waals surface area contributed by atoms with E-state index in [9.17, 15) is 9.59 Å². The Morgan fingerprint density at radius 1 is 1.44 bits per heavy atom. The van der Waals surface area contributed by atoms with Gasteiger partial charge in [-0.15, -0.1) is 6.42 Å². The van der Waals surface area contributed by atoms with E-state index in [1.54, 1.807) is 18.1 Å². The molecular formula is C11H9NO4. The molecule has 0 aromatic heterocycles. The Morgan fingerprint density at radius 3 is 2.62 bits per heavy atom. The van der Waals surface area contributed by atoms with Crippen molar-refractivity contribution < 1.29 is 19.4 Å². The normalized spacial score (nSPS) is 9.00. The summed E-state index contributed by atoms with van der Waals surface area (Å²) in [4.78, 5) is 22.6. The minimum absolute atomic E-state index is 0.107. The van der Waals surface area contributed by atoms with Crippen molar-refractivity contribution in [1.29, 1.82) is 0 Å². The van der Waals surface area contributed by atoms with Crippen LogP contribution in [0.1, 0.15) is 0 Å². The lowest BCUT2D eigenvalue weighted by atomic mass is 10.3. The van der Waals surface area contributed by atoms with Crippen molar-refractivity contribution >= 4 is 17.7 Å². The van der Waals surface area contributed by atoms with Gasteiger partial charge in [-0.05, 0) is 12.1 Å². The number of rotatable bonds is 2. The molecule has 0 aliphatic heterocycles. The lowest BCUT2D eigenvalue weighted by Crippen LogP contribution is -2.24. The topological polar surface area (TPSA) is 66.8 Å². The molecule has 0 fully saturated rings. The first-order chi connectivity index (χ1) is 7.56. The minimum atomic E-state index is -1.16. The van der Waals surface area contributed by atoms with Gasteiger partial charge in [0.1, 0.15) is 0 Å². The molecule has 0 saturated heterocycles. The summed E-state index contributed by atoms with van der Waals surface area (Å²) < 4.78 is 4.79. The summed E-state index contributed by atoms with van der Waals surface area (Å²) in [5, 5.41) is 8.80. The fraction of sp³-hybridized carbons (Fsp3) is 0.0909. The Hall–Kier alpha value is -2.48. The molecule has 0 heterocycles. The van der Waals surface area contributed by atoms with Crippen LogP contribution in [0.5, 0.6) is 5.75 Å². The molecule has 1 amide bonds. The fourth-order valence-electron chi connectivity index (χ4n) is 1.05. The molecule has 0 bridgehead atoms. The number of terminal acetylenes is 1. The Bertz CT molecular complexity index is 461. The monoisotopic (exact) mass is 219 g/mol. The highest BCUT2D eigenvalue weighted by Crippen LogP contribution is 2.27. The number of hydrogen-bond donors (Lipinski definition) is 1. The zero-order chi connectivity index (χ0) is 12.1. The molecule has 0 saturated carbocycles. The van der Waals surface area contributed by atoms with E-state index in [4.69, 9.17) is 16.3 Å². The molecule has 0 atom stereocenters. The number of carboxylic acid groups (broad SMARTS) is 1. The van der Waals surface area contributed by atoms with Crippen molar-refractivity contribution in [2.45, 2.75) is 0 Å². The van der Waals surface area contributed by atoms with Gasteiger partial charge < -0.3 is 9.84 Å². The summed E-state index contributed by atoms with van der Waals surface area (Å²) in [5.74, 6) is 1.02. The van der Waals surface area contributed by atoms with E-state index in [2.05, 4.69) is 0 Å². The lowest BCUT2D eigenvalue weighted by Gasteiger charge is -2.15. The summed E-state index contributed by atoms with van der Waals surface area (Å²) >= 11 is 0. The van der Waals surface area contributed by atoms with Gasteiger partial charge in [-0.2, -0.15) is 0 Å². The SMILES string of the molecule is C#CC(=O)Oc1ccccc1N(C)C(=O)O. The summed E-state index contributed by atoms with van der Waals surface area (Å²) in [6, 6.07) is 6.21. The molecule has 1 rings (SSSR count). The van der Waals surface area contributed by atoms with E-state index in [1.165, 1.54) is 19.2 Å². The van der Waals surface area contributed by atoms with Gasteiger partial charge in [0.25, 0.3) is 0 Å². The number of benzene rings is 1. The summed E-state index contributed by atoms with van der Waals surface area (Å²) in [6.45, 7) is 0. The van der Waals surface area contributed by atoms with Crippen LogP contribution in [0, 0.1) is 12.3 Å². The third kappa shape index (κ3) is 2.51. The van der Waals surface area contributed by atoms with Crippen LogP contribution in [0.4, 0.5) is 10.5 Å². The van der Waals surface area contributed by atoms with Crippen molar-refractivity contribution in [2.75, 3.05) is 11.9 Å². The van der Waals surface area contributed by atoms with Crippen molar-refractivity contribution in [2.24, 2.45) is 0 Å². The highest BCUT2D eigenvalue weighted by atomic mass is 16.5. The Morgan fingerprint density at radius 2 is 2.06 bits per heavy atom. The van der Waals surface area contributed by atoms with Crippen LogP contribution in [0.3, 0.4) is 0 Å². The first-order valence-electron chi connectivity index (χ1n) is 4.30. The summed E-state index contributed by atoms with van der Waals surface area (Å²) in [5.41, 5.74) is 0.249. The van der Waals surface area contributed by atoms with Gasteiger partial charge in [0.15, 0.2) is 5.75 Å². The molecule has 5 heteroatoms. The number of carbonyl (C=O) groups is 2. The summed E-state index contributed by atoms with van der Waals surface area (Å²) in [6.07, 6.45) is 3.69. The van der Waals surface area contributed by atoms with Gasteiger partial charge in [0.2, 0.25) is 0 Å². The largest absolute Gasteiger partial charge is 0.465 e. The van der Waals surface area contributed by atoms with Crippen LogP contribution in [-0.2, 0) is 4.79 Å². The second-order valence-electron chi connectivity index (χ2n) is 2.84. The van der Waals surface area contributed by atoms with Crippen LogP contribution in [-0.4, -0.2) is 24.2 Å². The van der Waals surface area contributed by atoms with Crippen molar-refractivity contribution in [3.8, 4) is 18.1 Å². The Kier molecular flexibility index (Phi) is 3.51. The number of esters is 1. The molecule has 0 spiro atoms. The molecule has 5 nitrogen and oxygen atoms in total. The lowest BCUT2D eigenvalue weighted by molar-refractivity contribution is -0.127. The standard InChI is InChI=1S/C11H9NO4/c1-3-10(13)16-9-7-5-4-6-8(9)12(2)11(14)15/h1,4-7H,2H3,(H,14,15). The second-order valence-corrected chi connectivity index (χ2v) is 2.84. The number of anilines is 1. The van der Waals surface area contributed by atoms with Crippen LogP contribution in [0.15, 0.2) is 24.3 Å². The molecule has 0 aliphatic carbocycles. The molecule has 1 aromatic rings. The van der Waals surface area contributed by atoms with Crippen LogP contribution in [0.25, 0.3) is 0 Å². The smallest absolute Gasteiger partial charge is 0.411 e. The second kappa shape index (κ2) is 4.84. The fourth-order valence-corrected chi connectivity index (χ4v) is 1.05. The first kappa shape index (κ1) is 11.6. The molecular weight excluding hydrogens is 210 g/mol. The van der Waals surface area contributed by atoms with Crippen molar-refractivity contribution in [3.05, 3.63) is 24.3 Å². The van der Waals surface area contributed by atoms with E-state index >= 15 is 0 Å². The maximum Gasteiger partial charge on any atom is 0.411 e. The molecule has 0 unspecified atom stereocenters. The summed E-state index contributed by atoms with van der Waals surface area (Å²) in [7, 11) is 1.34. The first-order valence-corrected chi connectivity index (χ1v) is 4.30. The predicted octanol–water partition coefficient (Wildman–Crippen LogP) is 1.34. The van der Waals surface area contributed by atoms with Gasteiger partial charge in [0, 0.05) is 13.0 Å². The number of ether oxygens (including phenoxy) is 1. The third-order valence-corrected chi connectivity index (χ3v) is 1.83. The number of para-hydroxylation sites is 2. The zero-order valence-corrected chi connectivity index (χ0v) is 8.51. The number of hydrogen-bond acceptors (Lipinski definition) is 3. The quantitative estimate of drug-likeness (QED) is 0.353. The maximum absolute atomic E-state index is 10.9. The zero-order valence-electron chi connectivity index (χ0n) is 8.51. The highest BCUT2D eigenvalue weighted by Gasteiger charge is 2.14. The number of carbonyl (C=O) groups excluding carboxylic acids is 1. The molecule has 82 valence electrons. The van der Waals surface area contributed by atoms with Crippen molar-refractivity contribution in [1.82, 2.24) is 0 Å². The van der Waals surface area contributed by atoms with Crippen LogP contribution in [0.2, 0.25) is 0 Å². The molecule has 0 aliphatic rings. The minimum Gasteiger partial charge on any atom is -0.465 e. The highest BCUT2D eigenvalue weighted by molar-refractivity contribution is 5.92. The van der Waals surface area contributed by atoms with E-state index in [0.29, 0.717) is 0 Å². The predicted molar refractivity (Wildman–Crippen MR) is 57.3 cm³/mol. The number of nitrogens with zero attached hydrogens (tertiary/aromatic N) is 1. The third-order valence-electron chi connectivity index (χ3n) is 1.83. The molecule has 16 heavy (non-hydrogen) atoms. The molecule has 1 N–H and O–H groups in total. The Balaban J connectivity index is 3.06. The molecule has 0 radical (unpaired) electrons. The Labute approximate surface area is 92.2 Å². The molecule has 1 aromatic carbocycles. The average Bonchev–Trinajstić information content (AvgIpc) is 2.28. The van der Waals surface area contributed by atoms with Gasteiger partial charge >= 0.3 is 12.1 Å². The van der Waals surface area contributed by atoms with Gasteiger partial charge in [0.05, 0.1) is 5.69 Å². The van der Waals surface area contributed by atoms with Crippen molar-refractivity contribution in [3.63, 3.8) is 0 Å². The van der Waals surface area contributed by atoms with Crippen LogP contribution >= 0.6 is 0 Å². The van der Waals surface area contributed by atoms with E-state index in [-0.39, 0.29) is 11.4 Å². The maximum atomic E-state index is 10.9. The van der Waals surface area contributed by atoms with Gasteiger partial charge in [-0.25, -0.2) is 9.59 Å². The van der Waals surface area contributed by atoms with E-state index < -0.39 is 12.1 Å². The van der Waals surface area contributed by atoms with Gasteiger partial charge in [-0.3, -0.25) is 4.90 Å². The average molecular weight is 219 g/mol.